The van der Waals surface area contributed by atoms with E-state index >= 15 is 0 Å². The summed E-state index contributed by atoms with van der Waals surface area (Å²) in [5.41, 5.74) is 1.27. The van der Waals surface area contributed by atoms with Crippen molar-refractivity contribution in [2.75, 3.05) is 0 Å². The van der Waals surface area contributed by atoms with E-state index in [2.05, 4.69) is 4.99 Å². The van der Waals surface area contributed by atoms with Gasteiger partial charge in [-0.3, -0.25) is 0 Å². The third-order valence-electron chi connectivity index (χ3n) is 1.61. The summed E-state index contributed by atoms with van der Waals surface area (Å²) in [6, 6.07) is 7.53. The van der Waals surface area contributed by atoms with E-state index in [0.717, 1.165) is 11.1 Å². The molecule has 12 heavy (non-hydrogen) atoms. The predicted octanol–water partition coefficient (Wildman–Crippen LogP) is 2.57. The van der Waals surface area contributed by atoms with Gasteiger partial charge in [0.15, 0.2) is 5.50 Å². The van der Waals surface area contributed by atoms with Crippen molar-refractivity contribution < 1.29 is 4.79 Å². The van der Waals surface area contributed by atoms with E-state index in [9.17, 15) is 4.79 Å². The number of alkyl halides is 1. The predicted molar refractivity (Wildman–Crippen MR) is 47.9 cm³/mol. The van der Waals surface area contributed by atoms with Crippen LogP contribution in [0.25, 0.3) is 0 Å². The van der Waals surface area contributed by atoms with E-state index in [4.69, 9.17) is 11.6 Å². The zero-order valence-electron chi connectivity index (χ0n) is 6.62. The Labute approximate surface area is 75.9 Å². The molecule has 1 rings (SSSR count). The number of benzene rings is 1. The minimum atomic E-state index is -0.608. The van der Waals surface area contributed by atoms with Crippen LogP contribution in [0.3, 0.4) is 0 Å². The molecule has 0 spiro atoms. The highest BCUT2D eigenvalue weighted by Crippen LogP contribution is 2.23. The van der Waals surface area contributed by atoms with E-state index < -0.39 is 5.50 Å². The number of rotatable bonds is 2. The molecule has 0 heterocycles. The SMILES string of the molecule is Cc1ccccc1C(Cl)N=C=O. The van der Waals surface area contributed by atoms with Gasteiger partial charge in [0.25, 0.3) is 0 Å². The highest BCUT2D eigenvalue weighted by Gasteiger charge is 2.06. The van der Waals surface area contributed by atoms with Gasteiger partial charge in [-0.1, -0.05) is 35.9 Å². The van der Waals surface area contributed by atoms with E-state index in [1.807, 2.05) is 31.2 Å². The summed E-state index contributed by atoms with van der Waals surface area (Å²) < 4.78 is 0. The van der Waals surface area contributed by atoms with Crippen LogP contribution in [0.4, 0.5) is 0 Å². The topological polar surface area (TPSA) is 29.4 Å². The number of aryl methyl sites for hydroxylation is 1. The maximum absolute atomic E-state index is 9.92. The van der Waals surface area contributed by atoms with Crippen molar-refractivity contribution in [2.24, 2.45) is 4.99 Å². The Hall–Kier alpha value is -1.11. The smallest absolute Gasteiger partial charge is 0.211 e. The maximum atomic E-state index is 9.92. The fourth-order valence-electron chi connectivity index (χ4n) is 0.970. The highest BCUT2D eigenvalue weighted by molar-refractivity contribution is 6.21. The number of isocyanates is 1. The summed E-state index contributed by atoms with van der Waals surface area (Å²) in [4.78, 5) is 13.3. The molecule has 0 saturated heterocycles. The van der Waals surface area contributed by atoms with Crippen molar-refractivity contribution in [3.8, 4) is 0 Å². The fraction of sp³-hybridized carbons (Fsp3) is 0.222. The Kier molecular flexibility index (Phi) is 3.03. The number of hydrogen-bond donors (Lipinski definition) is 0. The number of carbonyl (C=O) groups excluding carboxylic acids is 1. The number of nitrogens with zero attached hydrogens (tertiary/aromatic N) is 1. The minimum absolute atomic E-state index is 0.608. The normalized spacial score (nSPS) is 11.8. The zero-order valence-corrected chi connectivity index (χ0v) is 7.38. The lowest BCUT2D eigenvalue weighted by Gasteiger charge is -2.04. The molecule has 0 bridgehead atoms. The zero-order chi connectivity index (χ0) is 8.97. The Morgan fingerprint density at radius 2 is 2.17 bits per heavy atom. The first kappa shape index (κ1) is 8.98. The molecule has 0 saturated carbocycles. The molecule has 0 aromatic heterocycles. The molecule has 0 aliphatic carbocycles. The van der Waals surface area contributed by atoms with Crippen LogP contribution in [0, 0.1) is 6.92 Å². The van der Waals surface area contributed by atoms with Gasteiger partial charge in [-0.05, 0) is 18.1 Å². The van der Waals surface area contributed by atoms with Gasteiger partial charge in [0.05, 0.1) is 0 Å². The average molecular weight is 182 g/mol. The molecule has 3 heteroatoms. The van der Waals surface area contributed by atoms with Crippen LogP contribution in [-0.2, 0) is 4.79 Å². The minimum Gasteiger partial charge on any atom is -0.211 e. The summed E-state index contributed by atoms with van der Waals surface area (Å²) in [5.74, 6) is 0. The molecule has 62 valence electrons. The maximum Gasteiger partial charge on any atom is 0.236 e. The molecule has 1 unspecified atom stereocenters. The Bertz CT molecular complexity index is 318. The van der Waals surface area contributed by atoms with Crippen molar-refractivity contribution >= 4 is 17.7 Å². The lowest BCUT2D eigenvalue weighted by atomic mass is 10.1. The molecule has 0 N–H and O–H groups in total. The van der Waals surface area contributed by atoms with Crippen LogP contribution in [0.1, 0.15) is 16.6 Å². The van der Waals surface area contributed by atoms with Crippen molar-refractivity contribution in [3.63, 3.8) is 0 Å². The lowest BCUT2D eigenvalue weighted by molar-refractivity contribution is 0.562. The summed E-state index contributed by atoms with van der Waals surface area (Å²) in [6.07, 6.45) is 1.44. The second kappa shape index (κ2) is 4.05. The van der Waals surface area contributed by atoms with E-state index in [0.29, 0.717) is 0 Å². The quantitative estimate of drug-likeness (QED) is 0.299. The van der Waals surface area contributed by atoms with Crippen molar-refractivity contribution in [3.05, 3.63) is 35.4 Å². The van der Waals surface area contributed by atoms with Gasteiger partial charge < -0.3 is 0 Å². The lowest BCUT2D eigenvalue weighted by Crippen LogP contribution is -1.89. The van der Waals surface area contributed by atoms with Gasteiger partial charge in [-0.2, -0.15) is 4.99 Å². The summed E-state index contributed by atoms with van der Waals surface area (Å²) >= 11 is 5.78. The number of aliphatic imine (C=N–C) groups is 1. The third-order valence-corrected chi connectivity index (χ3v) is 1.94. The molecule has 1 aromatic rings. The van der Waals surface area contributed by atoms with E-state index in [-0.39, 0.29) is 0 Å². The first-order valence-corrected chi connectivity index (χ1v) is 3.96. The fourth-order valence-corrected chi connectivity index (χ4v) is 1.25. The van der Waals surface area contributed by atoms with Gasteiger partial charge in [0, 0.05) is 0 Å². The van der Waals surface area contributed by atoms with Gasteiger partial charge >= 0.3 is 0 Å². The van der Waals surface area contributed by atoms with Crippen LogP contribution < -0.4 is 0 Å². The average Bonchev–Trinajstić information content (AvgIpc) is 2.05. The molecule has 2 nitrogen and oxygen atoms in total. The highest BCUT2D eigenvalue weighted by atomic mass is 35.5. The Morgan fingerprint density at radius 1 is 1.50 bits per heavy atom. The molecular formula is C9H8ClNO. The molecule has 0 aliphatic heterocycles. The second-order valence-electron chi connectivity index (χ2n) is 2.41. The summed E-state index contributed by atoms with van der Waals surface area (Å²) in [5, 5.41) is 0. The summed E-state index contributed by atoms with van der Waals surface area (Å²) in [6.45, 7) is 1.92. The van der Waals surface area contributed by atoms with Gasteiger partial charge in [-0.15, -0.1) is 0 Å². The standard InChI is InChI=1S/C9H8ClNO/c1-7-4-2-3-5-8(7)9(10)11-6-12/h2-5,9H,1H3. The molecule has 1 atom stereocenters. The van der Waals surface area contributed by atoms with Crippen molar-refractivity contribution in [1.29, 1.82) is 0 Å². The van der Waals surface area contributed by atoms with Crippen LogP contribution in [-0.4, -0.2) is 6.08 Å². The summed E-state index contributed by atoms with van der Waals surface area (Å²) in [7, 11) is 0. The molecule has 0 amide bonds. The van der Waals surface area contributed by atoms with Crippen molar-refractivity contribution in [2.45, 2.75) is 12.4 Å². The van der Waals surface area contributed by atoms with Crippen molar-refractivity contribution in [1.82, 2.24) is 0 Å². The van der Waals surface area contributed by atoms with Crippen LogP contribution in [0.2, 0.25) is 0 Å². The largest absolute Gasteiger partial charge is 0.236 e. The number of halogens is 1. The Morgan fingerprint density at radius 3 is 2.75 bits per heavy atom. The van der Waals surface area contributed by atoms with Crippen LogP contribution in [0.15, 0.2) is 29.3 Å². The van der Waals surface area contributed by atoms with Gasteiger partial charge in [0.1, 0.15) is 0 Å². The van der Waals surface area contributed by atoms with E-state index in [1.54, 1.807) is 0 Å². The molecule has 1 aromatic carbocycles. The van der Waals surface area contributed by atoms with Gasteiger partial charge in [-0.25, -0.2) is 4.79 Å². The van der Waals surface area contributed by atoms with Crippen LogP contribution in [0.5, 0.6) is 0 Å². The van der Waals surface area contributed by atoms with Gasteiger partial charge in [0.2, 0.25) is 6.08 Å². The monoisotopic (exact) mass is 181 g/mol. The molecular weight excluding hydrogens is 174 g/mol. The number of hydrogen-bond acceptors (Lipinski definition) is 2. The Balaban J connectivity index is 3.02. The third kappa shape index (κ3) is 1.94. The molecule has 0 fully saturated rings. The second-order valence-corrected chi connectivity index (χ2v) is 2.83. The molecule has 0 aliphatic rings. The molecule has 0 radical (unpaired) electrons. The first-order chi connectivity index (χ1) is 5.75. The first-order valence-electron chi connectivity index (χ1n) is 3.52. The van der Waals surface area contributed by atoms with E-state index in [1.165, 1.54) is 6.08 Å². The van der Waals surface area contributed by atoms with Crippen LogP contribution >= 0.6 is 11.6 Å².